The Labute approximate surface area is 164 Å². The van der Waals surface area contributed by atoms with Crippen molar-refractivity contribution in [2.75, 3.05) is 10.6 Å². The van der Waals surface area contributed by atoms with Crippen molar-refractivity contribution in [1.29, 1.82) is 0 Å². The van der Waals surface area contributed by atoms with Gasteiger partial charge in [0.2, 0.25) is 5.96 Å². The van der Waals surface area contributed by atoms with Gasteiger partial charge < -0.3 is 16.0 Å². The first-order valence-electron chi connectivity index (χ1n) is 9.30. The Hall–Kier alpha value is -3.26. The Morgan fingerprint density at radius 2 is 1.96 bits per heavy atom. The van der Waals surface area contributed by atoms with Crippen molar-refractivity contribution in [3.63, 3.8) is 0 Å². The van der Waals surface area contributed by atoms with Crippen molar-refractivity contribution in [2.24, 2.45) is 9.98 Å². The zero-order chi connectivity index (χ0) is 19.9. The van der Waals surface area contributed by atoms with E-state index in [2.05, 4.69) is 36.2 Å². The van der Waals surface area contributed by atoms with Crippen LogP contribution in [0.15, 0.2) is 58.6 Å². The molecule has 1 unspecified atom stereocenters. The van der Waals surface area contributed by atoms with Crippen LogP contribution in [-0.2, 0) is 0 Å². The number of pyridine rings is 1. The summed E-state index contributed by atoms with van der Waals surface area (Å²) in [5.74, 6) is 1.68. The fourth-order valence-corrected chi connectivity index (χ4v) is 2.60. The molecule has 28 heavy (non-hydrogen) atoms. The van der Waals surface area contributed by atoms with Crippen LogP contribution in [0.3, 0.4) is 0 Å². The van der Waals surface area contributed by atoms with Crippen LogP contribution >= 0.6 is 0 Å². The molecule has 0 fully saturated rings. The predicted octanol–water partition coefficient (Wildman–Crippen LogP) is 2.80. The molecule has 0 bridgehead atoms. The van der Waals surface area contributed by atoms with Gasteiger partial charge in [0.05, 0.1) is 0 Å². The first-order valence-corrected chi connectivity index (χ1v) is 9.30. The number of carbonyl (C=O) groups is 1. The van der Waals surface area contributed by atoms with Crippen molar-refractivity contribution < 1.29 is 4.79 Å². The molecule has 0 aliphatic carbocycles. The summed E-state index contributed by atoms with van der Waals surface area (Å²) >= 11 is 0. The number of rotatable bonds is 6. The summed E-state index contributed by atoms with van der Waals surface area (Å²) < 4.78 is 0. The smallest absolute Gasteiger partial charge is 0.255 e. The molecule has 1 aliphatic heterocycles. The number of benzene rings is 1. The minimum Gasteiger partial charge on any atom is -0.322 e. The number of aromatic nitrogens is 1. The second-order valence-electron chi connectivity index (χ2n) is 6.60. The third kappa shape index (κ3) is 5.37. The molecule has 0 spiro atoms. The normalized spacial score (nSPS) is 16.1. The summed E-state index contributed by atoms with van der Waals surface area (Å²) in [6.07, 6.45) is 1.98. The second kappa shape index (κ2) is 9.09. The summed E-state index contributed by atoms with van der Waals surface area (Å²) in [6.45, 7) is 6.11. The van der Waals surface area contributed by atoms with Gasteiger partial charge >= 0.3 is 0 Å². The number of aliphatic imine (C=N–C) groups is 2. The molecule has 1 amide bonds. The fraction of sp³-hybridized carbons (Fsp3) is 0.300. The monoisotopic (exact) mass is 379 g/mol. The predicted molar refractivity (Wildman–Crippen MR) is 113 cm³/mol. The van der Waals surface area contributed by atoms with Gasteiger partial charge in [-0.2, -0.15) is 0 Å². The van der Waals surface area contributed by atoms with Crippen LogP contribution in [0, 0.1) is 0 Å². The Balaban J connectivity index is 1.71. The van der Waals surface area contributed by atoms with E-state index in [9.17, 15) is 4.79 Å². The van der Waals surface area contributed by atoms with Gasteiger partial charge in [-0.15, -0.1) is 0 Å². The highest BCUT2D eigenvalue weighted by Crippen LogP contribution is 2.12. The highest BCUT2D eigenvalue weighted by Gasteiger charge is 2.17. The number of nitrogens with zero attached hydrogens (tertiary/aromatic N) is 3. The van der Waals surface area contributed by atoms with Gasteiger partial charge in [0.25, 0.3) is 5.91 Å². The van der Waals surface area contributed by atoms with Crippen LogP contribution in [0.5, 0.6) is 0 Å². The van der Waals surface area contributed by atoms with Crippen LogP contribution in [0.2, 0.25) is 0 Å². The van der Waals surface area contributed by atoms with Gasteiger partial charge in [0.1, 0.15) is 11.7 Å². The third-order valence-electron chi connectivity index (χ3n) is 3.91. The molecular formula is C20H25N7O. The molecule has 8 nitrogen and oxygen atoms in total. The molecule has 0 radical (unpaired) electrons. The number of anilines is 2. The van der Waals surface area contributed by atoms with E-state index in [4.69, 9.17) is 0 Å². The summed E-state index contributed by atoms with van der Waals surface area (Å²) in [5, 5.41) is 12.4. The van der Waals surface area contributed by atoms with E-state index in [1.165, 1.54) is 0 Å². The lowest BCUT2D eigenvalue weighted by molar-refractivity contribution is 0.102. The van der Waals surface area contributed by atoms with Gasteiger partial charge in [-0.25, -0.2) is 15.0 Å². The van der Waals surface area contributed by atoms with Gasteiger partial charge in [-0.3, -0.25) is 10.1 Å². The lowest BCUT2D eigenvalue weighted by Crippen LogP contribution is -2.45. The van der Waals surface area contributed by atoms with E-state index >= 15 is 0 Å². The molecule has 1 aliphatic rings. The number of para-hydroxylation sites is 1. The van der Waals surface area contributed by atoms with E-state index in [1.807, 2.05) is 51.1 Å². The summed E-state index contributed by atoms with van der Waals surface area (Å²) in [5.41, 5.74) is 1.24. The summed E-state index contributed by atoms with van der Waals surface area (Å²) in [6, 6.07) is 12.9. The molecule has 1 aromatic carbocycles. The highest BCUT2D eigenvalue weighted by atomic mass is 16.1. The molecule has 4 N–H and O–H groups in total. The van der Waals surface area contributed by atoms with Crippen molar-refractivity contribution in [3.05, 3.63) is 54.2 Å². The summed E-state index contributed by atoms with van der Waals surface area (Å²) in [7, 11) is 0. The lowest BCUT2D eigenvalue weighted by atomic mass is 10.2. The number of guanidine groups is 1. The Morgan fingerprint density at radius 1 is 1.18 bits per heavy atom. The number of hydrogen-bond donors (Lipinski definition) is 4. The minimum absolute atomic E-state index is 0.203. The van der Waals surface area contributed by atoms with Gasteiger partial charge in [0.15, 0.2) is 6.29 Å². The maximum atomic E-state index is 12.5. The topological polar surface area (TPSA) is 103 Å². The van der Waals surface area contributed by atoms with E-state index in [0.717, 1.165) is 17.9 Å². The van der Waals surface area contributed by atoms with Crippen LogP contribution in [0.4, 0.5) is 11.5 Å². The highest BCUT2D eigenvalue weighted by molar-refractivity contribution is 6.08. The third-order valence-corrected chi connectivity index (χ3v) is 3.91. The average molecular weight is 379 g/mol. The van der Waals surface area contributed by atoms with Crippen LogP contribution < -0.4 is 21.3 Å². The molecule has 2 heterocycles. The maximum Gasteiger partial charge on any atom is 0.255 e. The van der Waals surface area contributed by atoms with Gasteiger partial charge in [-0.05, 0) is 38.1 Å². The Bertz CT molecular complexity index is 877. The maximum absolute atomic E-state index is 12.5. The molecule has 3 rings (SSSR count). The number of nitrogens with one attached hydrogen (secondary N) is 4. The van der Waals surface area contributed by atoms with Crippen LogP contribution in [0.25, 0.3) is 0 Å². The van der Waals surface area contributed by atoms with E-state index in [0.29, 0.717) is 17.3 Å². The molecule has 2 aromatic rings. The van der Waals surface area contributed by atoms with Crippen molar-refractivity contribution in [2.45, 2.75) is 39.5 Å². The fourth-order valence-electron chi connectivity index (χ4n) is 2.60. The van der Waals surface area contributed by atoms with Crippen molar-refractivity contribution in [1.82, 2.24) is 15.6 Å². The number of amides is 1. The number of amidine groups is 1. The molecule has 1 aromatic heterocycles. The quantitative estimate of drug-likeness (QED) is 0.618. The molecule has 146 valence electrons. The Morgan fingerprint density at radius 3 is 2.68 bits per heavy atom. The van der Waals surface area contributed by atoms with Crippen molar-refractivity contribution in [3.8, 4) is 0 Å². The molecule has 8 heteroatoms. The minimum atomic E-state index is -0.358. The molecule has 0 saturated carbocycles. The zero-order valence-electron chi connectivity index (χ0n) is 16.2. The lowest BCUT2D eigenvalue weighted by Gasteiger charge is -2.23. The van der Waals surface area contributed by atoms with E-state index < -0.39 is 0 Å². The standard InChI is InChI=1S/C20H25N7O/c1-4-16-24-19(22-13(2)3)27-20(25-16)26-17-12-14(10-11-21-17)18(28)23-15-8-6-5-7-9-15/h5-13,19,22H,4H2,1-3H3,(H,23,28)(H2,21,24,25,26,27). The summed E-state index contributed by atoms with van der Waals surface area (Å²) in [4.78, 5) is 25.8. The first-order chi connectivity index (χ1) is 13.5. The second-order valence-corrected chi connectivity index (χ2v) is 6.60. The first kappa shape index (κ1) is 19.5. The van der Waals surface area contributed by atoms with E-state index in [1.54, 1.807) is 18.3 Å². The average Bonchev–Trinajstić information content (AvgIpc) is 2.68. The Kier molecular flexibility index (Phi) is 6.33. The van der Waals surface area contributed by atoms with Crippen LogP contribution in [0.1, 0.15) is 37.6 Å². The molecule has 0 saturated heterocycles. The van der Waals surface area contributed by atoms with Gasteiger partial charge in [0, 0.05) is 29.9 Å². The largest absolute Gasteiger partial charge is 0.322 e. The SMILES string of the molecule is CCC1=NC(NC(C)C)N=C(Nc2cc(C(=O)Nc3ccccc3)ccn2)N1. The van der Waals surface area contributed by atoms with E-state index in [-0.39, 0.29) is 18.2 Å². The molecular weight excluding hydrogens is 354 g/mol. The van der Waals surface area contributed by atoms with Gasteiger partial charge in [-0.1, -0.05) is 25.1 Å². The number of carbonyl (C=O) groups excluding carboxylic acids is 1. The zero-order valence-corrected chi connectivity index (χ0v) is 16.2. The van der Waals surface area contributed by atoms with Crippen molar-refractivity contribution >= 4 is 29.2 Å². The molecule has 1 atom stereocenters. The number of hydrogen-bond acceptors (Lipinski definition) is 7. The van der Waals surface area contributed by atoms with Crippen LogP contribution in [-0.4, -0.2) is 35.0 Å².